The molecule has 170 valence electrons. The van der Waals surface area contributed by atoms with Crippen LogP contribution >= 0.6 is 0 Å². The Morgan fingerprint density at radius 3 is 2.64 bits per heavy atom. The molecular weight excluding hydrogens is 422 g/mol. The van der Waals surface area contributed by atoms with Gasteiger partial charge in [0, 0.05) is 31.7 Å². The van der Waals surface area contributed by atoms with Crippen molar-refractivity contribution in [3.8, 4) is 5.75 Å². The molecule has 0 aromatic heterocycles. The van der Waals surface area contributed by atoms with Crippen LogP contribution in [-0.4, -0.2) is 48.0 Å². The van der Waals surface area contributed by atoms with Gasteiger partial charge in [0.05, 0.1) is 24.9 Å². The van der Waals surface area contributed by atoms with Gasteiger partial charge in [0.2, 0.25) is 0 Å². The van der Waals surface area contributed by atoms with E-state index < -0.39 is 11.9 Å². The van der Waals surface area contributed by atoms with Gasteiger partial charge in [-0.25, -0.2) is 4.79 Å². The first kappa shape index (κ1) is 22.3. The van der Waals surface area contributed by atoms with Crippen molar-refractivity contribution in [2.45, 2.75) is 19.5 Å². The summed E-state index contributed by atoms with van der Waals surface area (Å²) in [6, 6.07) is 15.1. The minimum absolute atomic E-state index is 0.0188. The number of aliphatic carboxylic acids is 1. The largest absolute Gasteiger partial charge is 0.497 e. The van der Waals surface area contributed by atoms with Crippen molar-refractivity contribution >= 4 is 23.3 Å². The number of ether oxygens (including phenoxy) is 1. The number of anilines is 1. The van der Waals surface area contributed by atoms with Gasteiger partial charge in [-0.05, 0) is 41.0 Å². The number of rotatable bonds is 7. The van der Waals surface area contributed by atoms with Crippen LogP contribution in [0.15, 0.2) is 71.3 Å². The normalized spacial score (nSPS) is 15.9. The molecule has 1 heterocycles. The van der Waals surface area contributed by atoms with Crippen LogP contribution in [0.25, 0.3) is 0 Å². The lowest BCUT2D eigenvalue weighted by molar-refractivity contribution is -0.133. The smallest absolute Gasteiger partial charge is 0.336 e. The Morgan fingerprint density at radius 2 is 1.91 bits per heavy atom. The molecule has 4 rings (SSSR count). The highest BCUT2D eigenvalue weighted by molar-refractivity contribution is 6.15. The number of para-hydroxylation sites is 1. The number of fused-ring (bicyclic) bond motifs is 1. The summed E-state index contributed by atoms with van der Waals surface area (Å²) in [5.74, 6) is -1.39. The van der Waals surface area contributed by atoms with Crippen molar-refractivity contribution in [2.75, 3.05) is 25.6 Å². The van der Waals surface area contributed by atoms with Gasteiger partial charge in [-0.15, -0.1) is 0 Å². The Labute approximate surface area is 191 Å². The Kier molecular flexibility index (Phi) is 6.55. The molecule has 0 atom stereocenters. The number of hydrogen-bond acceptors (Lipinski definition) is 6. The summed E-state index contributed by atoms with van der Waals surface area (Å²) in [6.07, 6.45) is 1.12. The quantitative estimate of drug-likeness (QED) is 0.598. The number of amides is 1. The van der Waals surface area contributed by atoms with Crippen molar-refractivity contribution in [1.82, 2.24) is 10.2 Å². The van der Waals surface area contributed by atoms with Gasteiger partial charge in [0.25, 0.3) is 5.91 Å². The predicted octanol–water partition coefficient (Wildman–Crippen LogP) is 2.48. The molecule has 0 radical (unpaired) electrons. The number of ketones is 1. The third kappa shape index (κ3) is 5.12. The number of nitrogens with one attached hydrogen (secondary N) is 2. The van der Waals surface area contributed by atoms with Crippen LogP contribution < -0.4 is 15.4 Å². The summed E-state index contributed by atoms with van der Waals surface area (Å²) in [6.45, 7) is 1.61. The molecule has 8 nitrogen and oxygen atoms in total. The predicted molar refractivity (Wildman–Crippen MR) is 123 cm³/mol. The van der Waals surface area contributed by atoms with E-state index in [0.717, 1.165) is 22.9 Å². The standard InChI is InChI=1S/C25H25N3O5/c1-33-20-8-6-16(7-9-20)12-26-24(30)21-11-19(29)10-18(23(21)25(31)32)14-28-13-17-4-2-3-5-22(17)27-15-28/h2-9,11,27H,10,12-15H2,1H3,(H,26,30)(H,31,32). The number of carbonyl (C=O) groups excluding carboxylic acids is 2. The van der Waals surface area contributed by atoms with Crippen LogP contribution in [0.4, 0.5) is 5.69 Å². The van der Waals surface area contributed by atoms with Crippen molar-refractivity contribution in [1.29, 1.82) is 0 Å². The van der Waals surface area contributed by atoms with Crippen LogP contribution in [0.1, 0.15) is 17.5 Å². The minimum Gasteiger partial charge on any atom is -0.497 e. The highest BCUT2D eigenvalue weighted by atomic mass is 16.5. The number of carboxylic acids is 1. The average molecular weight is 447 g/mol. The summed E-state index contributed by atoms with van der Waals surface area (Å²) >= 11 is 0. The van der Waals surface area contributed by atoms with Gasteiger partial charge in [-0.2, -0.15) is 0 Å². The zero-order valence-electron chi connectivity index (χ0n) is 18.3. The first-order valence-corrected chi connectivity index (χ1v) is 10.6. The maximum Gasteiger partial charge on any atom is 0.336 e. The first-order valence-electron chi connectivity index (χ1n) is 10.6. The second kappa shape index (κ2) is 9.70. The van der Waals surface area contributed by atoms with Crippen molar-refractivity contribution in [3.05, 3.63) is 82.5 Å². The second-order valence-corrected chi connectivity index (χ2v) is 7.99. The summed E-state index contributed by atoms with van der Waals surface area (Å²) < 4.78 is 5.12. The number of carboxylic acid groups (broad SMARTS) is 1. The van der Waals surface area contributed by atoms with Gasteiger partial charge in [-0.1, -0.05) is 30.3 Å². The van der Waals surface area contributed by atoms with Gasteiger partial charge in [0.15, 0.2) is 5.78 Å². The van der Waals surface area contributed by atoms with E-state index in [1.807, 2.05) is 29.2 Å². The maximum atomic E-state index is 12.9. The molecule has 2 aromatic carbocycles. The van der Waals surface area contributed by atoms with Gasteiger partial charge < -0.3 is 20.5 Å². The fourth-order valence-electron chi connectivity index (χ4n) is 4.08. The van der Waals surface area contributed by atoms with E-state index in [0.29, 0.717) is 24.5 Å². The first-order chi connectivity index (χ1) is 15.9. The number of methoxy groups -OCH3 is 1. The minimum atomic E-state index is -1.21. The molecule has 2 aliphatic rings. The van der Waals surface area contributed by atoms with E-state index in [1.165, 1.54) is 0 Å². The fraction of sp³-hybridized carbons (Fsp3) is 0.240. The van der Waals surface area contributed by atoms with Crippen LogP contribution in [0.3, 0.4) is 0 Å². The highest BCUT2D eigenvalue weighted by Crippen LogP contribution is 2.28. The zero-order valence-corrected chi connectivity index (χ0v) is 18.3. The summed E-state index contributed by atoms with van der Waals surface area (Å²) in [7, 11) is 1.57. The molecule has 0 fully saturated rings. The van der Waals surface area contributed by atoms with Crippen molar-refractivity contribution in [2.24, 2.45) is 0 Å². The molecule has 1 amide bonds. The number of allylic oxidation sites excluding steroid dienone is 1. The van der Waals surface area contributed by atoms with E-state index >= 15 is 0 Å². The van der Waals surface area contributed by atoms with Crippen LogP contribution in [-0.2, 0) is 27.5 Å². The van der Waals surface area contributed by atoms with Crippen LogP contribution in [0.2, 0.25) is 0 Å². The van der Waals surface area contributed by atoms with Gasteiger partial charge in [-0.3, -0.25) is 14.5 Å². The maximum absolute atomic E-state index is 12.9. The molecule has 3 N–H and O–H groups in total. The molecule has 2 aromatic rings. The number of nitrogens with zero attached hydrogens (tertiary/aromatic N) is 1. The average Bonchev–Trinajstić information content (AvgIpc) is 2.82. The monoisotopic (exact) mass is 447 g/mol. The molecule has 1 aliphatic heterocycles. The van der Waals surface area contributed by atoms with E-state index in [1.54, 1.807) is 31.4 Å². The molecule has 33 heavy (non-hydrogen) atoms. The molecule has 0 saturated carbocycles. The molecule has 0 saturated heterocycles. The third-order valence-corrected chi connectivity index (χ3v) is 5.71. The Bertz CT molecular complexity index is 1150. The Hall–Kier alpha value is -3.91. The second-order valence-electron chi connectivity index (χ2n) is 7.99. The molecule has 0 spiro atoms. The van der Waals surface area contributed by atoms with E-state index in [2.05, 4.69) is 10.6 Å². The molecule has 1 aliphatic carbocycles. The Morgan fingerprint density at radius 1 is 1.15 bits per heavy atom. The number of benzene rings is 2. The molecule has 0 unspecified atom stereocenters. The van der Waals surface area contributed by atoms with E-state index in [-0.39, 0.29) is 36.4 Å². The van der Waals surface area contributed by atoms with E-state index in [4.69, 9.17) is 4.74 Å². The van der Waals surface area contributed by atoms with Crippen molar-refractivity contribution in [3.63, 3.8) is 0 Å². The topological polar surface area (TPSA) is 108 Å². The summed E-state index contributed by atoms with van der Waals surface area (Å²) in [4.78, 5) is 39.4. The lowest BCUT2D eigenvalue weighted by atomic mass is 9.89. The lowest BCUT2D eigenvalue weighted by Crippen LogP contribution is -2.37. The summed E-state index contributed by atoms with van der Waals surface area (Å²) in [5, 5.41) is 15.9. The van der Waals surface area contributed by atoms with E-state index in [9.17, 15) is 19.5 Å². The molecule has 8 heteroatoms. The van der Waals surface area contributed by atoms with Crippen LogP contribution in [0.5, 0.6) is 5.75 Å². The molecule has 0 bridgehead atoms. The third-order valence-electron chi connectivity index (χ3n) is 5.71. The zero-order chi connectivity index (χ0) is 23.4. The van der Waals surface area contributed by atoms with Crippen LogP contribution in [0, 0.1) is 0 Å². The fourth-order valence-corrected chi connectivity index (χ4v) is 4.08. The number of carbonyl (C=O) groups is 3. The number of hydrogen-bond donors (Lipinski definition) is 3. The van der Waals surface area contributed by atoms with Crippen molar-refractivity contribution < 1.29 is 24.2 Å². The SMILES string of the molecule is COc1ccc(CNC(=O)C2=CC(=O)CC(CN3CNc4ccccc4C3)=C2C(=O)O)cc1. The molecular formula is C25H25N3O5. The van der Waals surface area contributed by atoms with Gasteiger partial charge >= 0.3 is 5.97 Å². The highest BCUT2D eigenvalue weighted by Gasteiger charge is 2.31. The Balaban J connectivity index is 1.51. The van der Waals surface area contributed by atoms with Gasteiger partial charge in [0.1, 0.15) is 5.75 Å². The summed E-state index contributed by atoms with van der Waals surface area (Å²) in [5.41, 5.74) is 3.20. The lowest BCUT2D eigenvalue weighted by Gasteiger charge is -2.31.